The minimum atomic E-state index is -0.382. The van der Waals surface area contributed by atoms with E-state index in [1.807, 2.05) is 0 Å². The van der Waals surface area contributed by atoms with Crippen LogP contribution in [-0.4, -0.2) is 47.2 Å². The molecule has 0 spiro atoms. The Morgan fingerprint density at radius 3 is 2.79 bits per heavy atom. The number of nitrogens with one attached hydrogen (secondary N) is 1. The number of hydrogen-bond acceptors (Lipinski definition) is 3. The van der Waals surface area contributed by atoms with Gasteiger partial charge in [0.15, 0.2) is 0 Å². The minimum Gasteiger partial charge on any atom is -0.394 e. The molecule has 1 rings (SSSR count). The molecule has 82 valence electrons. The zero-order chi connectivity index (χ0) is 10.7. The fourth-order valence-electron chi connectivity index (χ4n) is 2.16. The molecule has 0 saturated carbocycles. The molecule has 2 N–H and O–H groups in total. The Labute approximate surface area is 85.3 Å². The Kier molecular flexibility index (Phi) is 3.89. The number of aliphatic hydroxyl groups is 1. The molecule has 2 unspecified atom stereocenters. The SMILES string of the molecule is CC(C)N1C(C)CCNC(=O)C1CO. The van der Waals surface area contributed by atoms with Gasteiger partial charge in [0.05, 0.1) is 6.61 Å². The maximum atomic E-state index is 11.6. The molecule has 2 atom stereocenters. The second kappa shape index (κ2) is 4.75. The van der Waals surface area contributed by atoms with Crippen LogP contribution in [0.15, 0.2) is 0 Å². The summed E-state index contributed by atoms with van der Waals surface area (Å²) in [5, 5.41) is 12.0. The van der Waals surface area contributed by atoms with Crippen LogP contribution in [0.4, 0.5) is 0 Å². The van der Waals surface area contributed by atoms with Crippen LogP contribution in [-0.2, 0) is 4.79 Å². The van der Waals surface area contributed by atoms with E-state index >= 15 is 0 Å². The van der Waals surface area contributed by atoms with Crippen molar-refractivity contribution in [3.05, 3.63) is 0 Å². The zero-order valence-electron chi connectivity index (χ0n) is 9.16. The predicted molar refractivity (Wildman–Crippen MR) is 54.9 cm³/mol. The molecule has 1 aliphatic heterocycles. The third kappa shape index (κ3) is 2.25. The van der Waals surface area contributed by atoms with Crippen LogP contribution >= 0.6 is 0 Å². The normalized spacial score (nSPS) is 30.2. The van der Waals surface area contributed by atoms with Crippen LogP contribution in [0.1, 0.15) is 27.2 Å². The number of carbonyl (C=O) groups is 1. The Hall–Kier alpha value is -0.610. The quantitative estimate of drug-likeness (QED) is 0.658. The average molecular weight is 200 g/mol. The van der Waals surface area contributed by atoms with Crippen molar-refractivity contribution in [3.63, 3.8) is 0 Å². The molecule has 1 saturated heterocycles. The van der Waals surface area contributed by atoms with Crippen molar-refractivity contribution in [1.29, 1.82) is 0 Å². The van der Waals surface area contributed by atoms with Gasteiger partial charge in [0, 0.05) is 18.6 Å². The van der Waals surface area contributed by atoms with Gasteiger partial charge in [-0.1, -0.05) is 0 Å². The van der Waals surface area contributed by atoms with Gasteiger partial charge in [-0.2, -0.15) is 0 Å². The number of hydrogen-bond donors (Lipinski definition) is 2. The lowest BCUT2D eigenvalue weighted by Gasteiger charge is -2.35. The number of aliphatic hydroxyl groups excluding tert-OH is 1. The highest BCUT2D eigenvalue weighted by Gasteiger charge is 2.32. The molecule has 1 heterocycles. The molecule has 0 radical (unpaired) electrons. The largest absolute Gasteiger partial charge is 0.394 e. The molecule has 4 heteroatoms. The van der Waals surface area contributed by atoms with Gasteiger partial charge in [-0.3, -0.25) is 9.69 Å². The van der Waals surface area contributed by atoms with Crippen LogP contribution in [0.2, 0.25) is 0 Å². The number of amides is 1. The summed E-state index contributed by atoms with van der Waals surface area (Å²) in [5.74, 6) is -0.0504. The second-order valence-electron chi connectivity index (χ2n) is 4.17. The summed E-state index contributed by atoms with van der Waals surface area (Å²) in [6, 6.07) is 0.240. The maximum Gasteiger partial charge on any atom is 0.239 e. The molecule has 0 aliphatic carbocycles. The predicted octanol–water partition coefficient (Wildman–Crippen LogP) is -0.0339. The molecule has 1 amide bonds. The van der Waals surface area contributed by atoms with E-state index < -0.39 is 0 Å². The van der Waals surface area contributed by atoms with Crippen LogP contribution < -0.4 is 5.32 Å². The summed E-state index contributed by atoms with van der Waals surface area (Å²) in [7, 11) is 0. The number of rotatable bonds is 2. The van der Waals surface area contributed by atoms with E-state index in [4.69, 9.17) is 0 Å². The minimum absolute atomic E-state index is 0.0504. The Bertz CT molecular complexity index is 206. The van der Waals surface area contributed by atoms with Crippen LogP contribution in [0, 0.1) is 0 Å². The van der Waals surface area contributed by atoms with Crippen molar-refractivity contribution in [2.45, 2.75) is 45.3 Å². The van der Waals surface area contributed by atoms with E-state index in [0.29, 0.717) is 12.6 Å². The highest BCUT2D eigenvalue weighted by molar-refractivity contribution is 5.82. The van der Waals surface area contributed by atoms with E-state index in [2.05, 4.69) is 31.0 Å². The van der Waals surface area contributed by atoms with Gasteiger partial charge in [0.25, 0.3) is 0 Å². The van der Waals surface area contributed by atoms with E-state index in [1.165, 1.54) is 0 Å². The fourth-order valence-corrected chi connectivity index (χ4v) is 2.16. The maximum absolute atomic E-state index is 11.6. The number of carbonyl (C=O) groups excluding carboxylic acids is 1. The average Bonchev–Trinajstić information content (AvgIpc) is 2.24. The van der Waals surface area contributed by atoms with E-state index in [9.17, 15) is 9.90 Å². The van der Waals surface area contributed by atoms with Gasteiger partial charge in [0.2, 0.25) is 5.91 Å². The standard InChI is InChI=1S/C10H20N2O2/c1-7(2)12-8(3)4-5-11-10(14)9(12)6-13/h7-9,13H,4-6H2,1-3H3,(H,11,14). The monoisotopic (exact) mass is 200 g/mol. The van der Waals surface area contributed by atoms with E-state index in [1.54, 1.807) is 0 Å². The Balaban J connectivity index is 2.84. The highest BCUT2D eigenvalue weighted by Crippen LogP contribution is 2.15. The van der Waals surface area contributed by atoms with Gasteiger partial charge < -0.3 is 10.4 Å². The molecule has 4 nitrogen and oxygen atoms in total. The number of nitrogens with zero attached hydrogens (tertiary/aromatic N) is 1. The third-order valence-corrected chi connectivity index (χ3v) is 2.80. The molecular formula is C10H20N2O2. The molecule has 14 heavy (non-hydrogen) atoms. The molecular weight excluding hydrogens is 180 g/mol. The summed E-state index contributed by atoms with van der Waals surface area (Å²) < 4.78 is 0. The first-order chi connectivity index (χ1) is 6.57. The molecule has 1 fully saturated rings. The Morgan fingerprint density at radius 1 is 1.64 bits per heavy atom. The van der Waals surface area contributed by atoms with Crippen molar-refractivity contribution in [1.82, 2.24) is 10.2 Å². The molecule has 0 aromatic rings. The second-order valence-corrected chi connectivity index (χ2v) is 4.17. The summed E-state index contributed by atoms with van der Waals surface area (Å²) in [6.45, 7) is 6.81. The van der Waals surface area contributed by atoms with Crippen LogP contribution in [0.25, 0.3) is 0 Å². The molecule has 0 aromatic carbocycles. The topological polar surface area (TPSA) is 52.6 Å². The fraction of sp³-hybridized carbons (Fsp3) is 0.900. The third-order valence-electron chi connectivity index (χ3n) is 2.80. The van der Waals surface area contributed by atoms with Gasteiger partial charge >= 0.3 is 0 Å². The summed E-state index contributed by atoms with van der Waals surface area (Å²) in [5.41, 5.74) is 0. The van der Waals surface area contributed by atoms with E-state index in [0.717, 1.165) is 6.42 Å². The lowest BCUT2D eigenvalue weighted by molar-refractivity contribution is -0.128. The van der Waals surface area contributed by atoms with Crippen molar-refractivity contribution in [2.24, 2.45) is 0 Å². The Morgan fingerprint density at radius 2 is 2.29 bits per heavy atom. The first-order valence-electron chi connectivity index (χ1n) is 5.24. The first-order valence-corrected chi connectivity index (χ1v) is 5.24. The van der Waals surface area contributed by atoms with Crippen LogP contribution in [0.5, 0.6) is 0 Å². The van der Waals surface area contributed by atoms with E-state index in [-0.39, 0.29) is 24.6 Å². The lowest BCUT2D eigenvalue weighted by atomic mass is 10.1. The summed E-state index contributed by atoms with van der Waals surface area (Å²) in [6.07, 6.45) is 0.945. The summed E-state index contributed by atoms with van der Waals surface area (Å²) in [4.78, 5) is 13.7. The summed E-state index contributed by atoms with van der Waals surface area (Å²) >= 11 is 0. The van der Waals surface area contributed by atoms with Crippen molar-refractivity contribution < 1.29 is 9.90 Å². The van der Waals surface area contributed by atoms with Gasteiger partial charge in [-0.15, -0.1) is 0 Å². The zero-order valence-corrected chi connectivity index (χ0v) is 9.16. The molecule has 0 bridgehead atoms. The lowest BCUT2D eigenvalue weighted by Crippen LogP contribution is -2.52. The van der Waals surface area contributed by atoms with Crippen molar-refractivity contribution in [3.8, 4) is 0 Å². The molecule has 1 aliphatic rings. The van der Waals surface area contributed by atoms with Gasteiger partial charge in [0.1, 0.15) is 6.04 Å². The van der Waals surface area contributed by atoms with Gasteiger partial charge in [-0.25, -0.2) is 0 Å². The van der Waals surface area contributed by atoms with Crippen LogP contribution in [0.3, 0.4) is 0 Å². The van der Waals surface area contributed by atoms with Crippen molar-refractivity contribution in [2.75, 3.05) is 13.2 Å². The molecule has 0 aromatic heterocycles. The smallest absolute Gasteiger partial charge is 0.239 e. The van der Waals surface area contributed by atoms with Gasteiger partial charge in [-0.05, 0) is 27.2 Å². The van der Waals surface area contributed by atoms with Crippen molar-refractivity contribution >= 4 is 5.91 Å². The first kappa shape index (κ1) is 11.5. The highest BCUT2D eigenvalue weighted by atomic mass is 16.3.